The zero-order valence-electron chi connectivity index (χ0n) is 19.4. The SMILES string of the molecule is Cc1ccc(-c2ncn[nH]2)cc1Nc1nc(N[C@H]2CCNC2)nc(N(C)CC(C)(C)C)n1. The second-order valence-corrected chi connectivity index (χ2v) is 9.52. The second-order valence-electron chi connectivity index (χ2n) is 9.52. The highest BCUT2D eigenvalue weighted by molar-refractivity contribution is 5.68. The van der Waals surface area contributed by atoms with Gasteiger partial charge in [0.05, 0.1) is 0 Å². The Bertz CT molecular complexity index is 1040. The molecule has 0 amide bonds. The van der Waals surface area contributed by atoms with E-state index in [4.69, 9.17) is 9.97 Å². The molecule has 32 heavy (non-hydrogen) atoms. The van der Waals surface area contributed by atoms with Crippen LogP contribution in [0.1, 0.15) is 32.8 Å². The van der Waals surface area contributed by atoms with Crippen molar-refractivity contribution in [3.05, 3.63) is 30.1 Å². The third kappa shape index (κ3) is 5.50. The molecule has 0 saturated carbocycles. The summed E-state index contributed by atoms with van der Waals surface area (Å²) >= 11 is 0. The zero-order valence-corrected chi connectivity index (χ0v) is 19.4. The number of hydrogen-bond acceptors (Lipinski definition) is 9. The standard InChI is InChI=1S/C22H32N10/c1-14-6-7-15(18-24-13-25-31-18)10-17(14)27-20-28-19(26-16-8-9-23-11-16)29-21(30-20)32(5)12-22(2,3)4/h6-7,10,13,16,23H,8-9,11-12H2,1-5H3,(H,24,25,31)(H2,26,27,28,29,30)/t16-/m0/s1. The Labute approximate surface area is 188 Å². The number of hydrogen-bond donors (Lipinski definition) is 4. The first-order valence-corrected chi connectivity index (χ1v) is 10.9. The predicted octanol–water partition coefficient (Wildman–Crippen LogP) is 2.96. The van der Waals surface area contributed by atoms with Crippen LogP contribution < -0.4 is 20.9 Å². The number of benzene rings is 1. The molecule has 0 unspecified atom stereocenters. The first-order chi connectivity index (χ1) is 15.3. The topological polar surface area (TPSA) is 120 Å². The normalized spacial score (nSPS) is 16.2. The van der Waals surface area contributed by atoms with Gasteiger partial charge >= 0.3 is 0 Å². The minimum absolute atomic E-state index is 0.111. The number of aromatic nitrogens is 6. The molecule has 1 aliphatic rings. The van der Waals surface area contributed by atoms with Gasteiger partial charge in [-0.15, -0.1) is 0 Å². The van der Waals surface area contributed by atoms with E-state index >= 15 is 0 Å². The molecule has 0 spiro atoms. The number of H-pyrrole nitrogens is 1. The molecule has 4 N–H and O–H groups in total. The molecule has 1 saturated heterocycles. The number of nitrogens with one attached hydrogen (secondary N) is 4. The van der Waals surface area contributed by atoms with E-state index in [-0.39, 0.29) is 5.41 Å². The van der Waals surface area contributed by atoms with Crippen LogP contribution in [0.3, 0.4) is 0 Å². The Morgan fingerprint density at radius 2 is 1.97 bits per heavy atom. The van der Waals surface area contributed by atoms with Gasteiger partial charge in [0.2, 0.25) is 17.8 Å². The van der Waals surface area contributed by atoms with Gasteiger partial charge in [-0.3, -0.25) is 5.10 Å². The molecule has 1 aliphatic heterocycles. The fourth-order valence-electron chi connectivity index (χ4n) is 3.77. The van der Waals surface area contributed by atoms with E-state index in [9.17, 15) is 0 Å². The van der Waals surface area contributed by atoms with E-state index in [1.807, 2.05) is 32.2 Å². The van der Waals surface area contributed by atoms with Crippen LogP contribution in [0.4, 0.5) is 23.5 Å². The first kappa shape index (κ1) is 21.9. The van der Waals surface area contributed by atoms with Crippen molar-refractivity contribution in [2.45, 2.75) is 40.2 Å². The van der Waals surface area contributed by atoms with Crippen molar-refractivity contribution < 1.29 is 0 Å². The van der Waals surface area contributed by atoms with Gasteiger partial charge in [0.25, 0.3) is 0 Å². The Morgan fingerprint density at radius 3 is 2.66 bits per heavy atom. The monoisotopic (exact) mass is 436 g/mol. The Hall–Kier alpha value is -3.27. The van der Waals surface area contributed by atoms with Gasteiger partial charge in [0, 0.05) is 37.4 Å². The summed E-state index contributed by atoms with van der Waals surface area (Å²) in [6, 6.07) is 6.38. The van der Waals surface area contributed by atoms with Gasteiger partial charge in [-0.05, 0) is 36.9 Å². The lowest BCUT2D eigenvalue weighted by Crippen LogP contribution is -2.31. The molecular weight excluding hydrogens is 404 g/mol. The maximum Gasteiger partial charge on any atom is 0.233 e. The summed E-state index contributed by atoms with van der Waals surface area (Å²) < 4.78 is 0. The van der Waals surface area contributed by atoms with E-state index in [1.165, 1.54) is 6.33 Å². The molecule has 3 heterocycles. The average Bonchev–Trinajstić information content (AvgIpc) is 3.42. The van der Waals surface area contributed by atoms with Crippen LogP contribution in [0.5, 0.6) is 0 Å². The maximum absolute atomic E-state index is 4.72. The summed E-state index contributed by atoms with van der Waals surface area (Å²) in [6.45, 7) is 11.4. The predicted molar refractivity (Wildman–Crippen MR) is 127 cm³/mol. The van der Waals surface area contributed by atoms with Crippen molar-refractivity contribution in [3.8, 4) is 11.4 Å². The number of aromatic amines is 1. The number of aryl methyl sites for hydroxylation is 1. The Morgan fingerprint density at radius 1 is 1.16 bits per heavy atom. The minimum Gasteiger partial charge on any atom is -0.350 e. The molecule has 10 heteroatoms. The molecule has 170 valence electrons. The number of rotatable bonds is 7. The molecule has 10 nitrogen and oxygen atoms in total. The molecule has 4 rings (SSSR count). The van der Waals surface area contributed by atoms with Crippen LogP contribution in [-0.4, -0.2) is 62.9 Å². The van der Waals surface area contributed by atoms with E-state index in [1.54, 1.807) is 0 Å². The summed E-state index contributed by atoms with van der Waals surface area (Å²) in [7, 11) is 2.01. The summed E-state index contributed by atoms with van der Waals surface area (Å²) in [6.07, 6.45) is 2.54. The maximum atomic E-state index is 4.72. The van der Waals surface area contributed by atoms with Crippen LogP contribution in [0.15, 0.2) is 24.5 Å². The smallest absolute Gasteiger partial charge is 0.233 e. The fourth-order valence-corrected chi connectivity index (χ4v) is 3.77. The van der Waals surface area contributed by atoms with Crippen molar-refractivity contribution in [2.75, 3.05) is 42.2 Å². The molecular formula is C22H32N10. The fraction of sp³-hybridized carbons (Fsp3) is 0.500. The average molecular weight is 437 g/mol. The van der Waals surface area contributed by atoms with E-state index in [0.717, 1.165) is 42.9 Å². The Balaban J connectivity index is 1.64. The third-order valence-electron chi connectivity index (χ3n) is 5.24. The highest BCUT2D eigenvalue weighted by Crippen LogP contribution is 2.26. The molecule has 1 fully saturated rings. The Kier molecular flexibility index (Phi) is 6.22. The van der Waals surface area contributed by atoms with Gasteiger partial charge in [0.15, 0.2) is 5.82 Å². The zero-order chi connectivity index (χ0) is 22.7. The van der Waals surface area contributed by atoms with Crippen molar-refractivity contribution in [2.24, 2.45) is 5.41 Å². The van der Waals surface area contributed by atoms with Gasteiger partial charge in [0.1, 0.15) is 6.33 Å². The van der Waals surface area contributed by atoms with Crippen LogP contribution in [0.2, 0.25) is 0 Å². The van der Waals surface area contributed by atoms with Gasteiger partial charge in [-0.1, -0.05) is 32.9 Å². The van der Waals surface area contributed by atoms with Crippen LogP contribution in [0, 0.1) is 12.3 Å². The lowest BCUT2D eigenvalue weighted by Gasteiger charge is -2.27. The summed E-state index contributed by atoms with van der Waals surface area (Å²) in [4.78, 5) is 20.4. The van der Waals surface area contributed by atoms with Crippen LogP contribution in [0.25, 0.3) is 11.4 Å². The molecule has 1 atom stereocenters. The van der Waals surface area contributed by atoms with Crippen molar-refractivity contribution in [1.82, 2.24) is 35.5 Å². The van der Waals surface area contributed by atoms with Crippen molar-refractivity contribution in [1.29, 1.82) is 0 Å². The van der Waals surface area contributed by atoms with E-state index in [0.29, 0.717) is 29.7 Å². The van der Waals surface area contributed by atoms with Gasteiger partial charge < -0.3 is 20.9 Å². The third-order valence-corrected chi connectivity index (χ3v) is 5.24. The summed E-state index contributed by atoms with van der Waals surface area (Å²) in [5.74, 6) is 2.43. The molecule has 0 bridgehead atoms. The lowest BCUT2D eigenvalue weighted by molar-refractivity contribution is 0.416. The van der Waals surface area contributed by atoms with E-state index < -0.39 is 0 Å². The van der Waals surface area contributed by atoms with E-state index in [2.05, 4.69) is 61.8 Å². The molecule has 1 aromatic carbocycles. The minimum atomic E-state index is 0.111. The second kappa shape index (κ2) is 9.07. The molecule has 0 aliphatic carbocycles. The van der Waals surface area contributed by atoms with Crippen molar-refractivity contribution in [3.63, 3.8) is 0 Å². The quantitative estimate of drug-likeness (QED) is 0.443. The number of nitrogens with zero attached hydrogens (tertiary/aromatic N) is 6. The highest BCUT2D eigenvalue weighted by Gasteiger charge is 2.20. The molecule has 2 aromatic heterocycles. The summed E-state index contributed by atoms with van der Waals surface area (Å²) in [5, 5.41) is 17.1. The van der Waals surface area contributed by atoms with Crippen LogP contribution in [-0.2, 0) is 0 Å². The number of anilines is 4. The molecule has 3 aromatic rings. The first-order valence-electron chi connectivity index (χ1n) is 10.9. The molecule has 0 radical (unpaired) electrons. The van der Waals surface area contributed by atoms with Crippen LogP contribution >= 0.6 is 0 Å². The highest BCUT2D eigenvalue weighted by atomic mass is 15.3. The largest absolute Gasteiger partial charge is 0.350 e. The summed E-state index contributed by atoms with van der Waals surface area (Å²) in [5.41, 5.74) is 3.03. The van der Waals surface area contributed by atoms with Gasteiger partial charge in [-0.2, -0.15) is 20.1 Å². The lowest BCUT2D eigenvalue weighted by atomic mass is 9.96. The van der Waals surface area contributed by atoms with Gasteiger partial charge in [-0.25, -0.2) is 4.98 Å². The van der Waals surface area contributed by atoms with Crippen molar-refractivity contribution >= 4 is 23.5 Å².